The number of carbonyl (C=O) groups is 1. The minimum Gasteiger partial charge on any atom is -0.352 e. The number of carbonyl (C=O) groups excluding carboxylic acids is 1. The van der Waals surface area contributed by atoms with Crippen LogP contribution in [0.1, 0.15) is 47.5 Å². The molecule has 0 aliphatic heterocycles. The molecule has 0 atom stereocenters. The van der Waals surface area contributed by atoms with Gasteiger partial charge in [0.15, 0.2) is 0 Å². The van der Waals surface area contributed by atoms with Gasteiger partial charge in [0.2, 0.25) is 5.91 Å². The number of benzene rings is 1. The maximum absolute atomic E-state index is 10.9. The number of hydrogen-bond donors (Lipinski definition) is 1. The van der Waals surface area contributed by atoms with Crippen LogP contribution in [0.5, 0.6) is 0 Å². The zero-order valence-corrected chi connectivity index (χ0v) is 12.0. The Morgan fingerprint density at radius 2 is 1.78 bits per heavy atom. The monoisotopic (exact) mass is 249 g/mol. The summed E-state index contributed by atoms with van der Waals surface area (Å²) >= 11 is 0. The van der Waals surface area contributed by atoms with Gasteiger partial charge in [-0.25, -0.2) is 0 Å². The molecule has 1 aromatic carbocycles. The van der Waals surface area contributed by atoms with Gasteiger partial charge in [-0.3, -0.25) is 4.79 Å². The van der Waals surface area contributed by atoms with Gasteiger partial charge in [-0.2, -0.15) is 0 Å². The van der Waals surface area contributed by atoms with Crippen LogP contribution in [0.15, 0.2) is 30.3 Å². The van der Waals surface area contributed by atoms with E-state index in [0.717, 1.165) is 12.0 Å². The summed E-state index contributed by atoms with van der Waals surface area (Å²) in [4.78, 5) is 10.9. The van der Waals surface area contributed by atoms with Crippen LogP contribution < -0.4 is 5.32 Å². The lowest BCUT2D eigenvalue weighted by Crippen LogP contribution is -2.21. The van der Waals surface area contributed by atoms with Crippen molar-refractivity contribution in [1.29, 1.82) is 0 Å². The van der Waals surface area contributed by atoms with Gasteiger partial charge in [0.05, 0.1) is 0 Å². The zero-order valence-electron chi connectivity index (χ0n) is 12.0. The maximum Gasteiger partial charge on any atom is 0.219 e. The molecule has 2 heteroatoms. The van der Waals surface area contributed by atoms with Gasteiger partial charge >= 0.3 is 0 Å². The van der Waals surface area contributed by atoms with Gasteiger partial charge in [-0.05, 0) is 5.56 Å². The molecule has 0 spiro atoms. The first-order valence-corrected chi connectivity index (χ1v) is 6.48. The lowest BCUT2D eigenvalue weighted by molar-refractivity contribution is -0.120. The standard InChI is InChI=1S/C10H13NO.C4H6.C2H6.H2/c1-2-10(12)11-8-9-6-4-3-5-7-9;1-3-4-2;1-2;/h3-7H,2,8H2,1H3,(H,11,12);1H,4H2,2H3;1-2H3;1H. The molecule has 1 rings (SSSR count). The Morgan fingerprint density at radius 1 is 1.28 bits per heavy atom. The molecule has 0 aliphatic carbocycles. The van der Waals surface area contributed by atoms with Crippen molar-refractivity contribution in [2.75, 3.05) is 0 Å². The summed E-state index contributed by atoms with van der Waals surface area (Å²) in [6, 6.07) is 9.89. The fourth-order valence-corrected chi connectivity index (χ4v) is 0.922. The van der Waals surface area contributed by atoms with E-state index < -0.39 is 0 Å². The van der Waals surface area contributed by atoms with Crippen molar-refractivity contribution in [3.8, 4) is 12.3 Å². The molecule has 0 aromatic heterocycles. The van der Waals surface area contributed by atoms with E-state index in [1.165, 1.54) is 0 Å². The number of terminal acetylenes is 1. The quantitative estimate of drug-likeness (QED) is 0.806. The molecule has 102 valence electrons. The third-order valence-electron chi connectivity index (χ3n) is 1.86. The Kier molecular flexibility index (Phi) is 15.8. The summed E-state index contributed by atoms with van der Waals surface area (Å²) in [5.74, 6) is 2.53. The van der Waals surface area contributed by atoms with Crippen LogP contribution in [0.25, 0.3) is 0 Å². The lowest BCUT2D eigenvalue weighted by Gasteiger charge is -2.02. The summed E-state index contributed by atoms with van der Waals surface area (Å²) in [5.41, 5.74) is 1.14. The summed E-state index contributed by atoms with van der Waals surface area (Å²) in [6.45, 7) is 8.42. The van der Waals surface area contributed by atoms with Crippen LogP contribution in [-0.2, 0) is 11.3 Å². The zero-order chi connectivity index (χ0) is 14.2. The summed E-state index contributed by atoms with van der Waals surface area (Å²) in [6.07, 6.45) is 6.17. The number of rotatable bonds is 3. The van der Waals surface area contributed by atoms with E-state index in [0.29, 0.717) is 13.0 Å². The highest BCUT2D eigenvalue weighted by molar-refractivity contribution is 5.75. The van der Waals surface area contributed by atoms with Crippen LogP contribution >= 0.6 is 0 Å². The molecule has 0 saturated heterocycles. The van der Waals surface area contributed by atoms with Crippen LogP contribution in [0.4, 0.5) is 0 Å². The first-order chi connectivity index (χ1) is 8.74. The third kappa shape index (κ3) is 12.3. The van der Waals surface area contributed by atoms with E-state index in [4.69, 9.17) is 6.42 Å². The Hall–Kier alpha value is -1.75. The average molecular weight is 249 g/mol. The van der Waals surface area contributed by atoms with Crippen molar-refractivity contribution in [3.05, 3.63) is 35.9 Å². The van der Waals surface area contributed by atoms with Crippen molar-refractivity contribution in [1.82, 2.24) is 5.32 Å². The van der Waals surface area contributed by atoms with E-state index in [9.17, 15) is 4.79 Å². The first kappa shape index (κ1) is 18.6. The molecule has 0 heterocycles. The van der Waals surface area contributed by atoms with Crippen molar-refractivity contribution in [3.63, 3.8) is 0 Å². The molecule has 0 bridgehead atoms. The van der Waals surface area contributed by atoms with Gasteiger partial charge in [-0.1, -0.05) is 58.0 Å². The minimum atomic E-state index is 0. The molecule has 18 heavy (non-hydrogen) atoms. The Balaban J connectivity index is -0.000000316. The molecule has 1 aromatic rings. The van der Waals surface area contributed by atoms with E-state index >= 15 is 0 Å². The normalized spacial score (nSPS) is 7.72. The van der Waals surface area contributed by atoms with Gasteiger partial charge in [-0.15, -0.1) is 12.3 Å². The Bertz CT molecular complexity index is 330. The Labute approximate surface area is 113 Å². The lowest BCUT2D eigenvalue weighted by atomic mass is 10.2. The van der Waals surface area contributed by atoms with E-state index in [1.54, 1.807) is 0 Å². The van der Waals surface area contributed by atoms with Crippen LogP contribution in [0.3, 0.4) is 0 Å². The maximum atomic E-state index is 10.9. The van der Waals surface area contributed by atoms with Gasteiger partial charge in [0.25, 0.3) is 0 Å². The Morgan fingerprint density at radius 3 is 2.17 bits per heavy atom. The second kappa shape index (κ2) is 15.2. The van der Waals surface area contributed by atoms with Crippen molar-refractivity contribution < 1.29 is 6.22 Å². The fourth-order valence-electron chi connectivity index (χ4n) is 0.922. The van der Waals surface area contributed by atoms with Gasteiger partial charge in [0.1, 0.15) is 0 Å². The highest BCUT2D eigenvalue weighted by Gasteiger charge is 1.95. The molecule has 2 nitrogen and oxygen atoms in total. The predicted octanol–water partition coefficient (Wildman–Crippen LogP) is 4.01. The smallest absolute Gasteiger partial charge is 0.219 e. The molecule has 0 saturated carbocycles. The third-order valence-corrected chi connectivity index (χ3v) is 1.86. The molecule has 0 radical (unpaired) electrons. The van der Waals surface area contributed by atoms with E-state index in [2.05, 4.69) is 11.2 Å². The highest BCUT2D eigenvalue weighted by Crippen LogP contribution is 1.96. The second-order valence-corrected chi connectivity index (χ2v) is 3.17. The second-order valence-electron chi connectivity index (χ2n) is 3.17. The van der Waals surface area contributed by atoms with Crippen LogP contribution in [-0.4, -0.2) is 5.91 Å². The molecule has 0 unspecified atom stereocenters. The van der Waals surface area contributed by atoms with Crippen molar-refractivity contribution in [2.45, 2.75) is 47.1 Å². The van der Waals surface area contributed by atoms with Crippen LogP contribution in [0, 0.1) is 12.3 Å². The molecule has 1 N–H and O–H groups in total. The molecule has 1 amide bonds. The molecular formula is C16H27NO. The van der Waals surface area contributed by atoms with Gasteiger partial charge in [0, 0.05) is 20.8 Å². The number of nitrogens with one attached hydrogen (secondary N) is 1. The molecule has 0 fully saturated rings. The number of hydrogen-bond acceptors (Lipinski definition) is 1. The van der Waals surface area contributed by atoms with Crippen molar-refractivity contribution in [2.24, 2.45) is 0 Å². The first-order valence-electron chi connectivity index (χ1n) is 6.48. The topological polar surface area (TPSA) is 29.1 Å². The average Bonchev–Trinajstić information content (AvgIpc) is 2.48. The minimum absolute atomic E-state index is 0. The SMILES string of the molecule is C#CCC.CC.CCC(=O)NCc1ccccc1.[HH]. The van der Waals surface area contributed by atoms with E-state index in [-0.39, 0.29) is 7.33 Å². The predicted molar refractivity (Wildman–Crippen MR) is 81.2 cm³/mol. The van der Waals surface area contributed by atoms with Crippen LogP contribution in [0.2, 0.25) is 0 Å². The molecular weight excluding hydrogens is 222 g/mol. The van der Waals surface area contributed by atoms with Crippen molar-refractivity contribution >= 4 is 5.91 Å². The van der Waals surface area contributed by atoms with Gasteiger partial charge < -0.3 is 5.32 Å². The fraction of sp³-hybridized carbons (Fsp3) is 0.438. The summed E-state index contributed by atoms with van der Waals surface area (Å²) < 4.78 is 0. The molecule has 0 aliphatic rings. The largest absolute Gasteiger partial charge is 0.352 e. The van der Waals surface area contributed by atoms with E-state index in [1.807, 2.05) is 58.0 Å². The number of amides is 1. The summed E-state index contributed by atoms with van der Waals surface area (Å²) in [5, 5.41) is 2.81. The highest BCUT2D eigenvalue weighted by atomic mass is 16.1. The summed E-state index contributed by atoms with van der Waals surface area (Å²) in [7, 11) is 0.